The number of nitrogens with one attached hydrogen (secondary N) is 1. The van der Waals surface area contributed by atoms with E-state index in [4.69, 9.17) is 5.73 Å². The molecule has 0 fully saturated rings. The van der Waals surface area contributed by atoms with E-state index in [0.29, 0.717) is 29.3 Å². The highest BCUT2D eigenvalue weighted by Gasteiger charge is 2.16. The highest BCUT2D eigenvalue weighted by atomic mass is 16.4. The Bertz CT molecular complexity index is 1240. The molecule has 30 heavy (non-hydrogen) atoms. The molecule has 0 aliphatic rings. The average Bonchev–Trinajstić information content (AvgIpc) is 3.08. The zero-order valence-electron chi connectivity index (χ0n) is 16.3. The van der Waals surface area contributed by atoms with E-state index in [-0.39, 0.29) is 0 Å². The van der Waals surface area contributed by atoms with Crippen LogP contribution in [0.3, 0.4) is 0 Å². The third-order valence-corrected chi connectivity index (χ3v) is 4.85. The van der Waals surface area contributed by atoms with Gasteiger partial charge < -0.3 is 25.5 Å². The lowest BCUT2D eigenvalue weighted by Gasteiger charge is -2.09. The van der Waals surface area contributed by atoms with E-state index in [1.54, 1.807) is 47.0 Å². The molecule has 0 aliphatic heterocycles. The minimum Gasteiger partial charge on any atom is -0.423 e. The topological polar surface area (TPSA) is 126 Å². The van der Waals surface area contributed by atoms with Crippen LogP contribution in [0.5, 0.6) is 0 Å². The Balaban J connectivity index is 1.64. The molecule has 9 heteroatoms. The molecule has 0 atom stereocenters. The van der Waals surface area contributed by atoms with Crippen molar-refractivity contribution in [2.45, 2.75) is 13.5 Å². The van der Waals surface area contributed by atoms with Crippen LogP contribution in [0.1, 0.15) is 21.6 Å². The van der Waals surface area contributed by atoms with Crippen molar-refractivity contribution in [2.75, 3.05) is 5.32 Å². The van der Waals surface area contributed by atoms with Crippen LogP contribution in [0.25, 0.3) is 16.9 Å². The third-order valence-electron chi connectivity index (χ3n) is 4.85. The van der Waals surface area contributed by atoms with Gasteiger partial charge >= 0.3 is 7.12 Å². The summed E-state index contributed by atoms with van der Waals surface area (Å²) in [5, 5.41) is 21.9. The largest absolute Gasteiger partial charge is 0.488 e. The summed E-state index contributed by atoms with van der Waals surface area (Å²) in [4.78, 5) is 20.8. The van der Waals surface area contributed by atoms with E-state index in [1.165, 1.54) is 0 Å². The predicted molar refractivity (Wildman–Crippen MR) is 115 cm³/mol. The average molecular weight is 401 g/mol. The van der Waals surface area contributed by atoms with Crippen molar-refractivity contribution in [1.29, 1.82) is 0 Å². The van der Waals surface area contributed by atoms with E-state index in [2.05, 4.69) is 15.3 Å². The zero-order valence-corrected chi connectivity index (χ0v) is 16.3. The molecule has 5 N–H and O–H groups in total. The quantitative estimate of drug-likeness (QED) is 0.359. The normalized spacial score (nSPS) is 10.9. The van der Waals surface area contributed by atoms with Gasteiger partial charge in [0.25, 0.3) is 5.91 Å². The summed E-state index contributed by atoms with van der Waals surface area (Å²) in [6.07, 6.45) is 3.51. The maximum Gasteiger partial charge on any atom is 0.488 e. The van der Waals surface area contributed by atoms with Crippen molar-refractivity contribution < 1.29 is 14.8 Å². The Morgan fingerprint density at radius 2 is 2.00 bits per heavy atom. The Labute approximate surface area is 173 Å². The van der Waals surface area contributed by atoms with E-state index in [1.807, 2.05) is 25.3 Å². The second kappa shape index (κ2) is 7.98. The molecule has 0 bridgehead atoms. The van der Waals surface area contributed by atoms with Gasteiger partial charge in [-0.15, -0.1) is 0 Å². The van der Waals surface area contributed by atoms with E-state index >= 15 is 0 Å². The van der Waals surface area contributed by atoms with Gasteiger partial charge in [0.05, 0.1) is 5.52 Å². The van der Waals surface area contributed by atoms with Gasteiger partial charge in [-0.25, -0.2) is 9.97 Å². The lowest BCUT2D eigenvalue weighted by Crippen LogP contribution is -2.30. The number of pyridine rings is 1. The van der Waals surface area contributed by atoms with Crippen LogP contribution in [-0.2, 0) is 6.54 Å². The molecule has 3 heterocycles. The number of aromatic nitrogens is 3. The first-order valence-corrected chi connectivity index (χ1v) is 9.37. The molecule has 4 aromatic rings. The lowest BCUT2D eigenvalue weighted by atomic mass is 9.80. The van der Waals surface area contributed by atoms with Crippen LogP contribution in [-0.4, -0.2) is 37.4 Å². The molecule has 0 saturated heterocycles. The third kappa shape index (κ3) is 3.76. The SMILES string of the molecule is Cc1cn2c(C(N)=O)cccc2c1-c1nccc(NCc2cccc(B(O)O)c2)n1. The number of fused-ring (bicyclic) bond motifs is 1. The zero-order chi connectivity index (χ0) is 21.3. The molecule has 8 nitrogen and oxygen atoms in total. The fourth-order valence-corrected chi connectivity index (χ4v) is 3.45. The minimum absolute atomic E-state index is 0.391. The Morgan fingerprint density at radius 3 is 2.77 bits per heavy atom. The first-order chi connectivity index (χ1) is 14.4. The van der Waals surface area contributed by atoms with Gasteiger partial charge in [-0.05, 0) is 41.7 Å². The summed E-state index contributed by atoms with van der Waals surface area (Å²) in [6.45, 7) is 2.39. The van der Waals surface area contributed by atoms with Crippen LogP contribution in [0, 0.1) is 6.92 Å². The van der Waals surface area contributed by atoms with E-state index < -0.39 is 13.0 Å². The van der Waals surface area contributed by atoms with Crippen LogP contribution in [0.2, 0.25) is 0 Å². The van der Waals surface area contributed by atoms with Crippen molar-refractivity contribution in [2.24, 2.45) is 5.73 Å². The van der Waals surface area contributed by atoms with Crippen molar-refractivity contribution in [3.63, 3.8) is 0 Å². The number of aryl methyl sites for hydroxylation is 1. The molecule has 1 amide bonds. The standard InChI is InChI=1S/C21H20BN5O3/c1-13-12-27-16(6-3-7-17(27)20(23)28)19(13)21-24-9-8-18(26-21)25-11-14-4-2-5-15(10-14)22(29)30/h2-10,12,29-30H,11H2,1H3,(H2,23,28)(H,24,25,26). The van der Waals surface area contributed by atoms with Gasteiger partial charge in [-0.2, -0.15) is 0 Å². The summed E-state index contributed by atoms with van der Waals surface area (Å²) < 4.78 is 1.75. The van der Waals surface area contributed by atoms with Crippen LogP contribution in [0.15, 0.2) is 60.9 Å². The van der Waals surface area contributed by atoms with E-state index in [9.17, 15) is 14.8 Å². The number of nitrogens with two attached hydrogens (primary N) is 1. The molecular formula is C21H20BN5O3. The maximum atomic E-state index is 11.7. The summed E-state index contributed by atoms with van der Waals surface area (Å²) in [5.41, 5.74) is 9.75. The number of carbonyl (C=O) groups is 1. The molecule has 0 saturated carbocycles. The maximum absolute atomic E-state index is 11.7. The highest BCUT2D eigenvalue weighted by Crippen LogP contribution is 2.28. The summed E-state index contributed by atoms with van der Waals surface area (Å²) in [6, 6.07) is 14.1. The van der Waals surface area contributed by atoms with Crippen LogP contribution < -0.4 is 16.5 Å². The Kier molecular flexibility index (Phi) is 5.22. The smallest absolute Gasteiger partial charge is 0.423 e. The number of hydrogen-bond donors (Lipinski definition) is 4. The van der Waals surface area contributed by atoms with Crippen molar-refractivity contribution in [3.05, 3.63) is 77.7 Å². The van der Waals surface area contributed by atoms with Gasteiger partial charge in [-0.1, -0.05) is 30.3 Å². The predicted octanol–water partition coefficient (Wildman–Crippen LogP) is 1.10. The molecule has 0 unspecified atom stereocenters. The molecular weight excluding hydrogens is 381 g/mol. The van der Waals surface area contributed by atoms with Gasteiger partial charge in [-0.3, -0.25) is 4.79 Å². The number of carbonyl (C=O) groups excluding carboxylic acids is 1. The first-order valence-electron chi connectivity index (χ1n) is 9.37. The van der Waals surface area contributed by atoms with Crippen molar-refractivity contribution in [1.82, 2.24) is 14.4 Å². The number of benzene rings is 1. The molecule has 4 rings (SSSR count). The number of rotatable bonds is 6. The molecule has 0 aliphatic carbocycles. The van der Waals surface area contributed by atoms with Crippen LogP contribution >= 0.6 is 0 Å². The lowest BCUT2D eigenvalue weighted by molar-refractivity contribution is 0.0994. The Morgan fingerprint density at radius 1 is 1.20 bits per heavy atom. The fraction of sp³-hybridized carbons (Fsp3) is 0.0952. The number of hydrogen-bond acceptors (Lipinski definition) is 6. The van der Waals surface area contributed by atoms with Gasteiger partial charge in [0.15, 0.2) is 5.82 Å². The first kappa shape index (κ1) is 19.6. The highest BCUT2D eigenvalue weighted by molar-refractivity contribution is 6.58. The van der Waals surface area contributed by atoms with Crippen LogP contribution in [0.4, 0.5) is 5.82 Å². The van der Waals surface area contributed by atoms with Gasteiger partial charge in [0, 0.05) is 24.5 Å². The van der Waals surface area contributed by atoms with Gasteiger partial charge in [0.1, 0.15) is 11.5 Å². The summed E-state index contributed by atoms with van der Waals surface area (Å²) >= 11 is 0. The summed E-state index contributed by atoms with van der Waals surface area (Å²) in [7, 11) is -1.51. The second-order valence-electron chi connectivity index (χ2n) is 6.96. The Hall–Kier alpha value is -3.69. The number of primary amides is 1. The van der Waals surface area contributed by atoms with E-state index in [0.717, 1.165) is 22.2 Å². The molecule has 3 aromatic heterocycles. The number of amides is 1. The molecule has 0 radical (unpaired) electrons. The monoisotopic (exact) mass is 401 g/mol. The summed E-state index contributed by atoms with van der Waals surface area (Å²) in [5.74, 6) is 0.648. The minimum atomic E-state index is -1.51. The number of anilines is 1. The molecule has 0 spiro atoms. The van der Waals surface area contributed by atoms with Gasteiger partial charge in [0.2, 0.25) is 0 Å². The molecule has 1 aromatic carbocycles. The number of nitrogens with zero attached hydrogens (tertiary/aromatic N) is 3. The molecule has 150 valence electrons. The van der Waals surface area contributed by atoms with Crippen molar-refractivity contribution >= 4 is 29.8 Å². The van der Waals surface area contributed by atoms with Crippen molar-refractivity contribution in [3.8, 4) is 11.4 Å². The second-order valence-corrected chi connectivity index (χ2v) is 6.96. The fourth-order valence-electron chi connectivity index (χ4n) is 3.45.